The molecule has 2 atom stereocenters. The summed E-state index contributed by atoms with van der Waals surface area (Å²) in [4.78, 5) is 50.7. The minimum atomic E-state index is -1.98. The highest BCUT2D eigenvalue weighted by Crippen LogP contribution is 2.18. The van der Waals surface area contributed by atoms with E-state index in [4.69, 9.17) is 5.11 Å². The van der Waals surface area contributed by atoms with Crippen LogP contribution in [0.1, 0.15) is 58.8 Å². The van der Waals surface area contributed by atoms with Gasteiger partial charge < -0.3 is 46.2 Å². The third-order valence-corrected chi connectivity index (χ3v) is 6.61. The molecule has 43 heavy (non-hydrogen) atoms. The summed E-state index contributed by atoms with van der Waals surface area (Å²) >= 11 is 0. The minimum absolute atomic E-state index is 0.164. The molecule has 0 radical (unpaired) electrons. The Bertz CT molecular complexity index is 1300. The Kier molecular flexibility index (Phi) is 13.6. The van der Waals surface area contributed by atoms with Crippen molar-refractivity contribution in [1.29, 1.82) is 0 Å². The molecule has 0 saturated carbocycles. The molecular weight excluding hydrogens is 573 g/mol. The summed E-state index contributed by atoms with van der Waals surface area (Å²) in [7, 11) is -0.422. The molecule has 0 fully saturated rings. The Balaban J connectivity index is 2.14. The molecule has 0 spiro atoms. The molecule has 0 bridgehead atoms. The van der Waals surface area contributed by atoms with Crippen LogP contribution in [0.2, 0.25) is 0 Å². The SMILES string of the molecule is CN[C@@H](CCCCNC(=O)CN(C(=O)c1ccc(C(O)O)cc1F)[C@H](C)CNC(=O)c1ccc(B(O)O)cc1F)C(=O)O. The maximum absolute atomic E-state index is 14.8. The van der Waals surface area contributed by atoms with E-state index in [2.05, 4.69) is 16.0 Å². The molecule has 0 unspecified atom stereocenters. The van der Waals surface area contributed by atoms with Crippen LogP contribution in [0.5, 0.6) is 0 Å². The fourth-order valence-corrected chi connectivity index (χ4v) is 4.07. The van der Waals surface area contributed by atoms with Gasteiger partial charge in [0, 0.05) is 24.7 Å². The maximum atomic E-state index is 14.8. The van der Waals surface area contributed by atoms with Gasteiger partial charge in [0.15, 0.2) is 6.29 Å². The first-order valence-electron chi connectivity index (χ1n) is 13.3. The molecule has 3 amide bonds. The van der Waals surface area contributed by atoms with E-state index in [1.807, 2.05) is 0 Å². The van der Waals surface area contributed by atoms with Crippen LogP contribution in [-0.4, -0.2) is 99.8 Å². The zero-order valence-electron chi connectivity index (χ0n) is 23.6. The number of likely N-dealkylation sites (N-methyl/N-ethyl adjacent to an activating group) is 1. The maximum Gasteiger partial charge on any atom is 0.488 e. The normalized spacial score (nSPS) is 12.4. The second-order valence-corrected chi connectivity index (χ2v) is 9.74. The number of aliphatic carboxylic acids is 1. The standard InChI is InChI=1S/C27H35BF2N4O9/c1-15(13-33-24(36)18-9-7-17(28(42)43)12-21(18)30)34(25(37)19-8-6-16(26(38)39)11-20(19)29)14-23(35)32-10-4-3-5-22(31-2)27(40)41/h6-9,11-12,15,22,26,31,38-39,42-43H,3-5,10,13-14H2,1-2H3,(H,32,35)(H,33,36)(H,40,41)/t15-,22+/m1/s1. The van der Waals surface area contributed by atoms with E-state index < -0.39 is 78.5 Å². The van der Waals surface area contributed by atoms with Crippen molar-refractivity contribution in [2.24, 2.45) is 0 Å². The smallest absolute Gasteiger partial charge is 0.480 e. The number of carboxylic acids is 1. The van der Waals surface area contributed by atoms with Gasteiger partial charge in [-0.3, -0.25) is 19.2 Å². The van der Waals surface area contributed by atoms with Gasteiger partial charge >= 0.3 is 13.1 Å². The zero-order chi connectivity index (χ0) is 32.3. The summed E-state index contributed by atoms with van der Waals surface area (Å²) < 4.78 is 29.1. The number of hydrogen-bond donors (Lipinski definition) is 8. The lowest BCUT2D eigenvalue weighted by atomic mass is 9.80. The highest BCUT2D eigenvalue weighted by atomic mass is 19.1. The molecule has 0 saturated heterocycles. The van der Waals surface area contributed by atoms with Crippen LogP contribution in [-0.2, 0) is 9.59 Å². The molecule has 2 rings (SSSR count). The van der Waals surface area contributed by atoms with Crippen LogP contribution in [0, 0.1) is 11.6 Å². The van der Waals surface area contributed by atoms with Gasteiger partial charge in [-0.1, -0.05) is 12.1 Å². The van der Waals surface area contributed by atoms with E-state index in [-0.39, 0.29) is 24.1 Å². The number of nitrogens with zero attached hydrogens (tertiary/aromatic N) is 1. The summed E-state index contributed by atoms with van der Waals surface area (Å²) in [6, 6.07) is 4.20. The first-order chi connectivity index (χ1) is 20.3. The molecule has 0 aromatic heterocycles. The largest absolute Gasteiger partial charge is 0.488 e. The number of aliphatic hydroxyl groups is 2. The Hall–Kier alpha value is -3.96. The van der Waals surface area contributed by atoms with Gasteiger partial charge in [0.2, 0.25) is 5.91 Å². The molecular formula is C27H35BF2N4O9. The summed E-state index contributed by atoms with van der Waals surface area (Å²) in [5.74, 6) is -5.57. The molecule has 2 aromatic carbocycles. The lowest BCUT2D eigenvalue weighted by Gasteiger charge is -2.29. The second kappa shape index (κ2) is 16.6. The van der Waals surface area contributed by atoms with Gasteiger partial charge in [-0.2, -0.15) is 0 Å². The van der Waals surface area contributed by atoms with Crippen LogP contribution in [0.25, 0.3) is 0 Å². The second-order valence-electron chi connectivity index (χ2n) is 9.74. The molecule has 8 N–H and O–H groups in total. The molecule has 2 aromatic rings. The van der Waals surface area contributed by atoms with Gasteiger partial charge in [0.05, 0.1) is 11.1 Å². The first kappa shape index (κ1) is 35.2. The van der Waals surface area contributed by atoms with Crippen molar-refractivity contribution >= 4 is 36.3 Å². The van der Waals surface area contributed by atoms with E-state index >= 15 is 0 Å². The van der Waals surface area contributed by atoms with E-state index in [0.717, 1.165) is 41.3 Å². The van der Waals surface area contributed by atoms with E-state index in [9.17, 15) is 48.2 Å². The Labute approximate surface area is 246 Å². The van der Waals surface area contributed by atoms with Crippen LogP contribution in [0.3, 0.4) is 0 Å². The minimum Gasteiger partial charge on any atom is -0.480 e. The van der Waals surface area contributed by atoms with Crippen molar-refractivity contribution in [3.63, 3.8) is 0 Å². The molecule has 234 valence electrons. The Morgan fingerprint density at radius 2 is 1.60 bits per heavy atom. The summed E-state index contributed by atoms with van der Waals surface area (Å²) in [6.45, 7) is 0.764. The predicted octanol–water partition coefficient (Wildman–Crippen LogP) is -1.15. The molecule has 0 heterocycles. The summed E-state index contributed by atoms with van der Waals surface area (Å²) in [6.07, 6.45) is -0.742. The average Bonchev–Trinajstić information content (AvgIpc) is 2.95. The van der Waals surface area contributed by atoms with Gasteiger partial charge in [0.25, 0.3) is 11.8 Å². The number of halogens is 2. The van der Waals surface area contributed by atoms with Crippen LogP contribution >= 0.6 is 0 Å². The van der Waals surface area contributed by atoms with E-state index in [1.54, 1.807) is 0 Å². The number of carbonyl (C=O) groups excluding carboxylic acids is 3. The number of amides is 3. The highest BCUT2D eigenvalue weighted by molar-refractivity contribution is 6.58. The third-order valence-electron chi connectivity index (χ3n) is 6.61. The predicted molar refractivity (Wildman–Crippen MR) is 150 cm³/mol. The molecule has 16 heteroatoms. The van der Waals surface area contributed by atoms with Crippen molar-refractivity contribution in [3.8, 4) is 0 Å². The number of hydrogen-bond acceptors (Lipinski definition) is 9. The number of benzene rings is 2. The topological polar surface area (TPSA) is 209 Å². The van der Waals surface area contributed by atoms with Gasteiger partial charge in [0.1, 0.15) is 24.2 Å². The van der Waals surface area contributed by atoms with Crippen LogP contribution < -0.4 is 21.4 Å². The van der Waals surface area contributed by atoms with Crippen molar-refractivity contribution in [3.05, 3.63) is 64.7 Å². The number of unbranched alkanes of at least 4 members (excludes halogenated alkanes) is 1. The molecule has 0 aliphatic carbocycles. The van der Waals surface area contributed by atoms with Crippen molar-refractivity contribution in [2.75, 3.05) is 26.7 Å². The molecule has 0 aliphatic rings. The van der Waals surface area contributed by atoms with Gasteiger partial charge in [-0.05, 0) is 63.0 Å². The van der Waals surface area contributed by atoms with Gasteiger partial charge in [-0.15, -0.1) is 0 Å². The quantitative estimate of drug-likeness (QED) is 0.0652. The summed E-state index contributed by atoms with van der Waals surface area (Å²) in [5.41, 5.74) is -1.27. The van der Waals surface area contributed by atoms with Crippen molar-refractivity contribution in [1.82, 2.24) is 20.9 Å². The lowest BCUT2D eigenvalue weighted by molar-refractivity contribution is -0.139. The molecule has 13 nitrogen and oxygen atoms in total. The fourth-order valence-electron chi connectivity index (χ4n) is 4.07. The van der Waals surface area contributed by atoms with Crippen molar-refractivity contribution < 1.29 is 53.3 Å². The van der Waals surface area contributed by atoms with Crippen LogP contribution in [0.4, 0.5) is 8.78 Å². The summed E-state index contributed by atoms with van der Waals surface area (Å²) in [5, 5.41) is 53.7. The van der Waals surface area contributed by atoms with Crippen molar-refractivity contribution in [2.45, 2.75) is 44.6 Å². The average molecular weight is 608 g/mol. The Morgan fingerprint density at radius 3 is 2.16 bits per heavy atom. The number of rotatable bonds is 16. The van der Waals surface area contributed by atoms with Gasteiger partial charge in [-0.25, -0.2) is 8.78 Å². The first-order valence-corrected chi connectivity index (χ1v) is 13.3. The molecule has 0 aliphatic heterocycles. The monoisotopic (exact) mass is 608 g/mol. The van der Waals surface area contributed by atoms with Crippen LogP contribution in [0.15, 0.2) is 36.4 Å². The van der Waals surface area contributed by atoms with E-state index in [1.165, 1.54) is 14.0 Å². The number of carboxylic acid groups (broad SMARTS) is 1. The fraction of sp³-hybridized carbons (Fsp3) is 0.407. The third kappa shape index (κ3) is 10.4. The zero-order valence-corrected chi connectivity index (χ0v) is 23.6. The lowest BCUT2D eigenvalue weighted by Crippen LogP contribution is -2.49. The number of carbonyl (C=O) groups is 4. The highest BCUT2D eigenvalue weighted by Gasteiger charge is 2.27. The Morgan fingerprint density at radius 1 is 0.953 bits per heavy atom. The number of nitrogens with one attached hydrogen (secondary N) is 3. The van der Waals surface area contributed by atoms with E-state index in [0.29, 0.717) is 19.3 Å². The number of aliphatic hydroxyl groups excluding tert-OH is 1.